The molecule has 8 nitrogen and oxygen atoms in total. The summed E-state index contributed by atoms with van der Waals surface area (Å²) in [7, 11) is 2.06. The highest BCUT2D eigenvalue weighted by Crippen LogP contribution is 2.43. The lowest BCUT2D eigenvalue weighted by Crippen LogP contribution is -2.48. The summed E-state index contributed by atoms with van der Waals surface area (Å²) >= 11 is 0. The molecule has 4 heterocycles. The number of piperidine rings is 1. The predicted molar refractivity (Wildman–Crippen MR) is 104 cm³/mol. The average Bonchev–Trinajstić information content (AvgIpc) is 3.32. The van der Waals surface area contributed by atoms with Crippen LogP contribution in [0.15, 0.2) is 12.3 Å². The van der Waals surface area contributed by atoms with Crippen LogP contribution in [0, 0.1) is 5.41 Å². The summed E-state index contributed by atoms with van der Waals surface area (Å²) in [6.45, 7) is 7.80. The Morgan fingerprint density at radius 1 is 1.18 bits per heavy atom. The van der Waals surface area contributed by atoms with Gasteiger partial charge >= 0.3 is 0 Å². The van der Waals surface area contributed by atoms with E-state index in [0.717, 1.165) is 38.9 Å². The summed E-state index contributed by atoms with van der Waals surface area (Å²) in [5.41, 5.74) is 0.811. The van der Waals surface area contributed by atoms with Gasteiger partial charge in [0.15, 0.2) is 0 Å². The number of likely N-dealkylation sites (N-methyl/N-ethyl adjacent to an activating group) is 1. The zero-order chi connectivity index (χ0) is 19.7. The third kappa shape index (κ3) is 3.55. The van der Waals surface area contributed by atoms with Crippen molar-refractivity contribution in [3.05, 3.63) is 18.0 Å². The SMILES string of the molecule is CCn1nccc1C(=O)N1CCC2(CC1)CC(C(=O)N1CCOCC1)N(C)C2. The fraction of sp³-hybridized carbons (Fsp3) is 0.750. The van der Waals surface area contributed by atoms with E-state index in [9.17, 15) is 9.59 Å². The lowest BCUT2D eigenvalue weighted by Gasteiger charge is -2.39. The fourth-order valence-corrected chi connectivity index (χ4v) is 5.01. The number of hydrogen-bond acceptors (Lipinski definition) is 5. The van der Waals surface area contributed by atoms with Crippen molar-refractivity contribution in [2.75, 3.05) is 53.0 Å². The Hall–Kier alpha value is -1.93. The van der Waals surface area contributed by atoms with Crippen molar-refractivity contribution in [2.45, 2.75) is 38.8 Å². The number of morpholine rings is 1. The highest BCUT2D eigenvalue weighted by atomic mass is 16.5. The summed E-state index contributed by atoms with van der Waals surface area (Å²) in [6, 6.07) is 1.76. The Kier molecular flexibility index (Phi) is 5.42. The topological polar surface area (TPSA) is 70.9 Å². The van der Waals surface area contributed by atoms with Crippen LogP contribution in [-0.4, -0.2) is 95.3 Å². The van der Waals surface area contributed by atoms with Crippen LogP contribution in [0.2, 0.25) is 0 Å². The molecule has 0 saturated carbocycles. The number of ether oxygens (including phenoxy) is 1. The van der Waals surface area contributed by atoms with Gasteiger partial charge in [-0.3, -0.25) is 19.2 Å². The molecule has 154 valence electrons. The second-order valence-electron chi connectivity index (χ2n) is 8.40. The van der Waals surface area contributed by atoms with Crippen molar-refractivity contribution >= 4 is 11.8 Å². The molecular formula is C20H31N5O3. The van der Waals surface area contributed by atoms with Crippen LogP contribution in [0.5, 0.6) is 0 Å². The molecule has 0 radical (unpaired) electrons. The highest BCUT2D eigenvalue weighted by molar-refractivity contribution is 5.92. The number of aromatic nitrogens is 2. The van der Waals surface area contributed by atoms with Gasteiger partial charge in [-0.05, 0) is 44.7 Å². The first-order valence-electron chi connectivity index (χ1n) is 10.4. The first-order valence-corrected chi connectivity index (χ1v) is 10.4. The third-order valence-electron chi connectivity index (χ3n) is 6.70. The zero-order valence-electron chi connectivity index (χ0n) is 17.0. The van der Waals surface area contributed by atoms with E-state index in [-0.39, 0.29) is 23.3 Å². The smallest absolute Gasteiger partial charge is 0.272 e. The van der Waals surface area contributed by atoms with Crippen molar-refractivity contribution in [2.24, 2.45) is 5.41 Å². The first kappa shape index (κ1) is 19.4. The minimum atomic E-state index is -0.0399. The van der Waals surface area contributed by atoms with Crippen LogP contribution in [0.25, 0.3) is 0 Å². The predicted octanol–water partition coefficient (Wildman–Crippen LogP) is 0.688. The van der Waals surface area contributed by atoms with Crippen molar-refractivity contribution in [3.63, 3.8) is 0 Å². The van der Waals surface area contributed by atoms with Gasteiger partial charge in [0.25, 0.3) is 5.91 Å². The van der Waals surface area contributed by atoms with Crippen LogP contribution in [0.1, 0.15) is 36.7 Å². The quantitative estimate of drug-likeness (QED) is 0.761. The number of aryl methyl sites for hydroxylation is 1. The van der Waals surface area contributed by atoms with Gasteiger partial charge < -0.3 is 14.5 Å². The number of carbonyl (C=O) groups excluding carboxylic acids is 2. The third-order valence-corrected chi connectivity index (χ3v) is 6.70. The minimum Gasteiger partial charge on any atom is -0.378 e. The van der Waals surface area contributed by atoms with Crippen molar-refractivity contribution in [1.29, 1.82) is 0 Å². The Bertz CT molecular complexity index is 719. The van der Waals surface area contributed by atoms with Gasteiger partial charge in [0.1, 0.15) is 5.69 Å². The van der Waals surface area contributed by atoms with Crippen molar-refractivity contribution in [1.82, 2.24) is 24.5 Å². The number of likely N-dealkylation sites (tertiary alicyclic amines) is 2. The standard InChI is InChI=1S/C20H31N5O3/c1-3-25-16(4-7-21-25)18(26)23-8-5-20(6-9-23)14-17(22(2)15-20)19(27)24-10-12-28-13-11-24/h4,7,17H,3,5-6,8-15H2,1-2H3. The second kappa shape index (κ2) is 7.83. The molecule has 4 rings (SSSR count). The molecule has 2 amide bonds. The molecule has 3 fully saturated rings. The monoisotopic (exact) mass is 389 g/mol. The molecule has 1 aromatic rings. The molecule has 3 aliphatic heterocycles. The minimum absolute atomic E-state index is 0.0399. The Morgan fingerprint density at radius 2 is 1.89 bits per heavy atom. The van der Waals surface area contributed by atoms with Crippen molar-refractivity contribution in [3.8, 4) is 0 Å². The summed E-state index contributed by atoms with van der Waals surface area (Å²) in [6.07, 6.45) is 4.50. The van der Waals surface area contributed by atoms with Gasteiger partial charge in [0.2, 0.25) is 5.91 Å². The van der Waals surface area contributed by atoms with E-state index in [4.69, 9.17) is 4.74 Å². The van der Waals surface area contributed by atoms with Gasteiger partial charge in [-0.2, -0.15) is 5.10 Å². The lowest BCUT2D eigenvalue weighted by atomic mass is 9.76. The number of hydrogen-bond donors (Lipinski definition) is 0. The number of carbonyl (C=O) groups is 2. The van der Waals surface area contributed by atoms with Gasteiger partial charge in [0, 0.05) is 45.5 Å². The maximum Gasteiger partial charge on any atom is 0.272 e. The molecule has 0 aliphatic carbocycles. The maximum absolute atomic E-state index is 13.0. The second-order valence-corrected chi connectivity index (χ2v) is 8.40. The summed E-state index contributed by atoms with van der Waals surface area (Å²) in [5, 5.41) is 4.22. The van der Waals surface area contributed by atoms with Gasteiger partial charge in [-0.15, -0.1) is 0 Å². The number of rotatable bonds is 3. The van der Waals surface area contributed by atoms with E-state index in [0.29, 0.717) is 38.5 Å². The van der Waals surface area contributed by atoms with Crippen LogP contribution >= 0.6 is 0 Å². The maximum atomic E-state index is 13.0. The van der Waals surface area contributed by atoms with Gasteiger partial charge in [0.05, 0.1) is 19.3 Å². The molecule has 0 aromatic carbocycles. The van der Waals surface area contributed by atoms with Gasteiger partial charge in [-0.1, -0.05) is 0 Å². The first-order chi connectivity index (χ1) is 13.5. The summed E-state index contributed by atoms with van der Waals surface area (Å²) in [4.78, 5) is 32.0. The van der Waals surface area contributed by atoms with E-state index < -0.39 is 0 Å². The lowest BCUT2D eigenvalue weighted by molar-refractivity contribution is -0.139. The molecule has 28 heavy (non-hydrogen) atoms. The highest BCUT2D eigenvalue weighted by Gasteiger charge is 2.48. The largest absolute Gasteiger partial charge is 0.378 e. The molecule has 1 spiro atoms. The normalized spacial score (nSPS) is 25.4. The Balaban J connectivity index is 1.37. The molecule has 8 heteroatoms. The van der Waals surface area contributed by atoms with E-state index in [1.165, 1.54) is 0 Å². The van der Waals surface area contributed by atoms with E-state index in [1.54, 1.807) is 16.9 Å². The van der Waals surface area contributed by atoms with Crippen LogP contribution in [0.4, 0.5) is 0 Å². The molecule has 1 unspecified atom stereocenters. The number of nitrogens with zero attached hydrogens (tertiary/aromatic N) is 5. The van der Waals surface area contributed by atoms with Crippen LogP contribution in [-0.2, 0) is 16.1 Å². The molecule has 1 atom stereocenters. The summed E-state index contributed by atoms with van der Waals surface area (Å²) in [5.74, 6) is 0.314. The van der Waals surface area contributed by atoms with Crippen LogP contribution < -0.4 is 0 Å². The molecular weight excluding hydrogens is 358 g/mol. The molecule has 1 aromatic heterocycles. The summed E-state index contributed by atoms with van der Waals surface area (Å²) < 4.78 is 7.14. The molecule has 3 aliphatic rings. The van der Waals surface area contributed by atoms with Crippen LogP contribution in [0.3, 0.4) is 0 Å². The van der Waals surface area contributed by atoms with E-state index in [1.807, 2.05) is 16.7 Å². The molecule has 0 N–H and O–H groups in total. The average molecular weight is 390 g/mol. The Morgan fingerprint density at radius 3 is 2.57 bits per heavy atom. The fourth-order valence-electron chi connectivity index (χ4n) is 5.01. The Labute approximate surface area is 166 Å². The van der Waals surface area contributed by atoms with E-state index >= 15 is 0 Å². The zero-order valence-corrected chi connectivity index (χ0v) is 17.0. The molecule has 0 bridgehead atoms. The van der Waals surface area contributed by atoms with Crippen molar-refractivity contribution < 1.29 is 14.3 Å². The molecule has 3 saturated heterocycles. The number of amides is 2. The van der Waals surface area contributed by atoms with E-state index in [2.05, 4.69) is 17.0 Å². The van der Waals surface area contributed by atoms with Gasteiger partial charge in [-0.25, -0.2) is 0 Å².